The Kier molecular flexibility index (Phi) is 12.1. The van der Waals surface area contributed by atoms with Crippen molar-refractivity contribution in [1.82, 2.24) is 15.0 Å². The summed E-state index contributed by atoms with van der Waals surface area (Å²) in [4.78, 5) is 32.5. The van der Waals surface area contributed by atoms with Crippen molar-refractivity contribution >= 4 is 104 Å². The van der Waals surface area contributed by atoms with Crippen molar-refractivity contribution in [3.63, 3.8) is 0 Å². The van der Waals surface area contributed by atoms with Crippen molar-refractivity contribution in [2.75, 3.05) is 28.3 Å². The third-order valence-electron chi connectivity index (χ3n) is 6.30. The molecule has 0 saturated heterocycles. The minimum absolute atomic E-state index is 0.0433. The molecule has 1 aromatic heterocycles. The number of aromatic carboxylic acids is 1. The van der Waals surface area contributed by atoms with E-state index in [-0.39, 0.29) is 17.1 Å². The van der Waals surface area contributed by atoms with E-state index in [0.29, 0.717) is 6.07 Å². The minimum atomic E-state index is -5.19. The summed E-state index contributed by atoms with van der Waals surface area (Å²) in [6, 6.07) is 7.38. The Balaban J connectivity index is 1.74. The lowest BCUT2D eigenvalue weighted by Gasteiger charge is -2.13. The number of nitrogens with one attached hydrogen (secondary N) is 3. The third-order valence-corrected chi connectivity index (χ3v) is 10.3. The molecule has 288 valence electrons. The van der Waals surface area contributed by atoms with Crippen LogP contribution in [0.1, 0.15) is 10.4 Å². The second-order valence-electron chi connectivity index (χ2n) is 10.1. The van der Waals surface area contributed by atoms with E-state index < -0.39 is 114 Å². The molecule has 2 amide bonds. The molecule has 9 N–H and O–H groups in total. The zero-order chi connectivity index (χ0) is 40.2. The van der Waals surface area contributed by atoms with Gasteiger partial charge >= 0.3 is 22.4 Å². The van der Waals surface area contributed by atoms with Crippen LogP contribution in [0.25, 0.3) is 0 Å². The predicted octanol–water partition coefficient (Wildman–Crippen LogP) is 2.70. The summed E-state index contributed by atoms with van der Waals surface area (Å²) >= 11 is 6.04. The van der Waals surface area contributed by atoms with Crippen molar-refractivity contribution in [3.05, 3.63) is 65.4 Å². The third kappa shape index (κ3) is 11.3. The van der Waals surface area contributed by atoms with Gasteiger partial charge in [-0.2, -0.15) is 40.2 Å². The number of carbonyl (C=O) groups excluding carboxylic acids is 1. The van der Waals surface area contributed by atoms with Crippen LogP contribution in [0.3, 0.4) is 0 Å². The molecule has 0 atom stereocenters. The number of aromatic nitrogens is 3. The fourth-order valence-corrected chi connectivity index (χ4v) is 6.97. The maximum absolute atomic E-state index is 12.6. The van der Waals surface area contributed by atoms with E-state index in [1.54, 1.807) is 0 Å². The molecule has 4 rings (SSSR count). The number of carbonyl (C=O) groups is 2. The fourth-order valence-electron chi connectivity index (χ4n) is 4.07. The van der Waals surface area contributed by atoms with Crippen LogP contribution < -0.4 is 21.7 Å². The Bertz CT molecular complexity index is 2640. The summed E-state index contributed by atoms with van der Waals surface area (Å²) < 4.78 is 126. The predicted molar refractivity (Wildman–Crippen MR) is 184 cm³/mol. The van der Waals surface area contributed by atoms with Crippen LogP contribution in [0.2, 0.25) is 5.28 Å². The number of urea groups is 1. The summed E-state index contributed by atoms with van der Waals surface area (Å²) in [5, 5.41) is 24.2. The number of hydrogen-bond acceptors (Lipinski definition) is 18. The van der Waals surface area contributed by atoms with Gasteiger partial charge in [0.15, 0.2) is 9.84 Å². The molecule has 0 aliphatic carbocycles. The SMILES string of the molecule is NC(=O)Nc1ccc(/N=N/c2ccc(S(=O)(=O)CCOS(=O)(=O)O)cc2S(=O)(=O)O)c(Nc2nc(Cl)nc(Nc3cc(S(=O)(=O)O)ccc3C(=O)O)n2)c1. The highest BCUT2D eigenvalue weighted by Crippen LogP contribution is 2.35. The van der Waals surface area contributed by atoms with Crippen LogP contribution in [0, 0.1) is 0 Å². The lowest BCUT2D eigenvalue weighted by molar-refractivity contribution is 0.0697. The monoisotopic (exact) mass is 851 g/mol. The Morgan fingerprint density at radius 3 is 1.93 bits per heavy atom. The highest BCUT2D eigenvalue weighted by molar-refractivity contribution is 7.91. The summed E-state index contributed by atoms with van der Waals surface area (Å²) in [5.41, 5.74) is 3.47. The molecule has 0 aliphatic heterocycles. The number of azo groups is 1. The van der Waals surface area contributed by atoms with Gasteiger partial charge < -0.3 is 26.8 Å². The summed E-state index contributed by atoms with van der Waals surface area (Å²) in [7, 11) is -19.4. The van der Waals surface area contributed by atoms with Crippen LogP contribution in [0.4, 0.5) is 45.1 Å². The normalized spacial score (nSPS) is 12.4. The van der Waals surface area contributed by atoms with Crippen molar-refractivity contribution in [2.45, 2.75) is 14.7 Å². The van der Waals surface area contributed by atoms with Crippen molar-refractivity contribution in [2.24, 2.45) is 16.0 Å². The maximum atomic E-state index is 12.6. The first-order chi connectivity index (χ1) is 24.9. The van der Waals surface area contributed by atoms with E-state index in [9.17, 15) is 57.5 Å². The van der Waals surface area contributed by atoms with Gasteiger partial charge in [-0.25, -0.2) is 22.2 Å². The van der Waals surface area contributed by atoms with Gasteiger partial charge in [0.1, 0.15) is 16.3 Å². The van der Waals surface area contributed by atoms with Gasteiger partial charge in [0, 0.05) is 5.69 Å². The Hall–Kier alpha value is -5.46. The van der Waals surface area contributed by atoms with Crippen molar-refractivity contribution in [1.29, 1.82) is 0 Å². The summed E-state index contributed by atoms with van der Waals surface area (Å²) in [6.45, 7) is -1.03. The van der Waals surface area contributed by atoms with Gasteiger partial charge in [0.25, 0.3) is 20.2 Å². The molecule has 24 nitrogen and oxygen atoms in total. The number of rotatable bonds is 15. The Labute approximate surface area is 308 Å². The largest absolute Gasteiger partial charge is 0.478 e. The van der Waals surface area contributed by atoms with Crippen LogP contribution >= 0.6 is 11.6 Å². The smallest absolute Gasteiger partial charge is 0.397 e. The molecule has 4 aromatic rings. The average molecular weight is 852 g/mol. The molecule has 0 aliphatic rings. The maximum Gasteiger partial charge on any atom is 0.397 e. The van der Waals surface area contributed by atoms with Crippen molar-refractivity contribution in [3.8, 4) is 0 Å². The first-order valence-corrected chi connectivity index (χ1v) is 20.1. The number of anilines is 5. The zero-order valence-corrected chi connectivity index (χ0v) is 30.2. The standard InChI is InChI=1S/C25H22ClN9O15S4/c26-22-31-24(29-18-10-14(52(41,42)43)2-4-15(18)21(36)37)33-25(32-22)30-19-9-12(28-23(27)38)1-5-16(19)34-35-17-6-3-13(11-20(17)53(44,45)46)51(39,40)8-7-50-54(47,48)49/h1-6,9-11H,7-8H2,(H,36,37)(H3,27,28,38)(H,41,42,43)(H,44,45,46)(H,47,48,49)(H2,29,30,31,32,33)/b35-34+. The van der Waals surface area contributed by atoms with Gasteiger partial charge in [-0.3, -0.25) is 13.7 Å². The molecular formula is C25H22ClN9O15S4. The summed E-state index contributed by atoms with van der Waals surface area (Å²) in [5.74, 6) is -3.40. The van der Waals surface area contributed by atoms with Gasteiger partial charge in [-0.05, 0) is 66.2 Å². The minimum Gasteiger partial charge on any atom is -0.478 e. The number of primary amides is 1. The quantitative estimate of drug-likeness (QED) is 0.0629. The fraction of sp³-hybridized carbons (Fsp3) is 0.0800. The van der Waals surface area contributed by atoms with Gasteiger partial charge in [-0.15, -0.1) is 10.2 Å². The molecule has 0 unspecified atom stereocenters. The van der Waals surface area contributed by atoms with Gasteiger partial charge in [-0.1, -0.05) is 0 Å². The molecular weight excluding hydrogens is 830 g/mol. The Morgan fingerprint density at radius 1 is 0.759 bits per heavy atom. The van der Waals surface area contributed by atoms with Gasteiger partial charge in [0.05, 0.1) is 39.1 Å². The molecule has 3 aromatic carbocycles. The topological polar surface area (TPSA) is 386 Å². The van der Waals surface area contributed by atoms with E-state index >= 15 is 0 Å². The van der Waals surface area contributed by atoms with E-state index in [1.165, 1.54) is 18.2 Å². The Morgan fingerprint density at radius 2 is 1.35 bits per heavy atom. The number of carboxylic acids is 1. The van der Waals surface area contributed by atoms with E-state index in [2.05, 4.69) is 45.3 Å². The lowest BCUT2D eigenvalue weighted by atomic mass is 10.2. The van der Waals surface area contributed by atoms with Crippen LogP contribution in [0.5, 0.6) is 0 Å². The number of carboxylic acid groups (broad SMARTS) is 1. The number of hydrogen-bond donors (Lipinski definition) is 8. The van der Waals surface area contributed by atoms with Crippen LogP contribution in [0.15, 0.2) is 79.5 Å². The molecule has 1 heterocycles. The number of halogens is 1. The molecule has 29 heteroatoms. The first-order valence-electron chi connectivity index (χ1n) is 13.8. The number of nitrogens with zero attached hydrogens (tertiary/aromatic N) is 5. The second-order valence-corrected chi connectivity index (χ2v) is 16.4. The van der Waals surface area contributed by atoms with Crippen molar-refractivity contribution < 1.29 is 66.2 Å². The second kappa shape index (κ2) is 15.9. The number of amides is 2. The molecule has 54 heavy (non-hydrogen) atoms. The van der Waals surface area contributed by atoms with E-state index in [0.717, 1.165) is 30.3 Å². The average Bonchev–Trinajstić information content (AvgIpc) is 3.02. The summed E-state index contributed by atoms with van der Waals surface area (Å²) in [6.07, 6.45) is 0. The molecule has 0 spiro atoms. The molecule has 0 saturated carbocycles. The van der Waals surface area contributed by atoms with Crippen LogP contribution in [-0.2, 0) is 44.7 Å². The van der Waals surface area contributed by atoms with E-state index in [4.69, 9.17) is 21.9 Å². The highest BCUT2D eigenvalue weighted by atomic mass is 35.5. The highest BCUT2D eigenvalue weighted by Gasteiger charge is 2.23. The van der Waals surface area contributed by atoms with Crippen LogP contribution in [-0.4, -0.2) is 91.7 Å². The number of sulfone groups is 1. The number of benzene rings is 3. The molecule has 0 radical (unpaired) electrons. The molecule has 0 fully saturated rings. The zero-order valence-electron chi connectivity index (χ0n) is 26.2. The number of nitrogens with two attached hydrogens (primary N) is 1. The lowest BCUT2D eigenvalue weighted by Crippen LogP contribution is -2.19. The molecule has 0 bridgehead atoms. The van der Waals surface area contributed by atoms with E-state index in [1.807, 2.05) is 0 Å². The van der Waals surface area contributed by atoms with Gasteiger partial charge in [0.2, 0.25) is 17.2 Å². The first kappa shape index (κ1) is 41.3.